The van der Waals surface area contributed by atoms with Crippen LogP contribution in [0.4, 0.5) is 10.1 Å². The zero-order chi connectivity index (χ0) is 12.2. The maximum Gasteiger partial charge on any atom is 0.232 e. The van der Waals surface area contributed by atoms with Crippen molar-refractivity contribution in [2.45, 2.75) is 6.42 Å². The van der Waals surface area contributed by atoms with Gasteiger partial charge in [-0.1, -0.05) is 17.7 Å². The summed E-state index contributed by atoms with van der Waals surface area (Å²) in [5.74, 6) is -0.863. The largest absolute Gasteiger partial charge is 0.330 e. The number of rotatable bonds is 5. The molecule has 0 spiro atoms. The standard InChI is InChI=1S/C9H12ClFN2O2S/c10-7-3-1-4-8(11)9(7)13-16(14,15)6-2-5-12/h1,3-4,13H,2,5-6,12H2. The van der Waals surface area contributed by atoms with Crippen LogP contribution in [-0.2, 0) is 10.0 Å². The van der Waals surface area contributed by atoms with Crippen LogP contribution in [-0.4, -0.2) is 20.7 Å². The van der Waals surface area contributed by atoms with Crippen molar-refractivity contribution in [3.05, 3.63) is 29.0 Å². The lowest BCUT2D eigenvalue weighted by molar-refractivity contribution is 0.596. The maximum absolute atomic E-state index is 13.3. The van der Waals surface area contributed by atoms with E-state index in [9.17, 15) is 12.8 Å². The third-order valence-electron chi connectivity index (χ3n) is 1.84. The lowest BCUT2D eigenvalue weighted by atomic mass is 10.3. The molecule has 0 saturated heterocycles. The molecule has 1 aromatic carbocycles. The summed E-state index contributed by atoms with van der Waals surface area (Å²) in [7, 11) is -3.60. The molecule has 7 heteroatoms. The van der Waals surface area contributed by atoms with Gasteiger partial charge in [0, 0.05) is 0 Å². The van der Waals surface area contributed by atoms with E-state index in [0.717, 1.165) is 6.07 Å². The number of hydrogen-bond acceptors (Lipinski definition) is 3. The molecule has 0 radical (unpaired) electrons. The highest BCUT2D eigenvalue weighted by atomic mass is 35.5. The number of anilines is 1. The maximum atomic E-state index is 13.3. The van der Waals surface area contributed by atoms with Gasteiger partial charge in [-0.15, -0.1) is 0 Å². The number of para-hydroxylation sites is 1. The highest BCUT2D eigenvalue weighted by Crippen LogP contribution is 2.25. The van der Waals surface area contributed by atoms with E-state index in [1.165, 1.54) is 12.1 Å². The van der Waals surface area contributed by atoms with Crippen LogP contribution in [0.3, 0.4) is 0 Å². The molecule has 0 bridgehead atoms. The van der Waals surface area contributed by atoms with Crippen LogP contribution in [0.15, 0.2) is 18.2 Å². The van der Waals surface area contributed by atoms with Gasteiger partial charge in [0.25, 0.3) is 0 Å². The first-order valence-electron chi connectivity index (χ1n) is 4.61. The normalized spacial score (nSPS) is 11.4. The summed E-state index contributed by atoms with van der Waals surface area (Å²) >= 11 is 5.68. The third kappa shape index (κ3) is 3.62. The molecule has 0 amide bonds. The van der Waals surface area contributed by atoms with E-state index in [1.54, 1.807) is 0 Å². The average molecular weight is 267 g/mol. The van der Waals surface area contributed by atoms with Gasteiger partial charge in [0.05, 0.1) is 10.8 Å². The van der Waals surface area contributed by atoms with Gasteiger partial charge in [-0.25, -0.2) is 12.8 Å². The fourth-order valence-corrected chi connectivity index (χ4v) is 2.51. The second kappa shape index (κ2) is 5.47. The van der Waals surface area contributed by atoms with Crippen LogP contribution in [0.5, 0.6) is 0 Å². The van der Waals surface area contributed by atoms with Gasteiger partial charge in [-0.2, -0.15) is 0 Å². The Morgan fingerprint density at radius 2 is 2.12 bits per heavy atom. The van der Waals surface area contributed by atoms with Crippen LogP contribution in [0.2, 0.25) is 5.02 Å². The number of sulfonamides is 1. The lowest BCUT2D eigenvalue weighted by Crippen LogP contribution is -2.19. The van der Waals surface area contributed by atoms with Gasteiger partial charge in [0.2, 0.25) is 10.0 Å². The van der Waals surface area contributed by atoms with Gasteiger partial charge in [-0.3, -0.25) is 4.72 Å². The summed E-state index contributed by atoms with van der Waals surface area (Å²) < 4.78 is 38.3. The van der Waals surface area contributed by atoms with Crippen LogP contribution in [0.25, 0.3) is 0 Å². The molecule has 0 aromatic heterocycles. The number of nitrogens with two attached hydrogens (primary N) is 1. The molecule has 0 saturated carbocycles. The Kier molecular flexibility index (Phi) is 4.52. The van der Waals surface area contributed by atoms with Gasteiger partial charge in [0.1, 0.15) is 11.5 Å². The van der Waals surface area contributed by atoms with Crippen molar-refractivity contribution < 1.29 is 12.8 Å². The molecule has 0 aliphatic rings. The van der Waals surface area contributed by atoms with Crippen LogP contribution < -0.4 is 10.5 Å². The Morgan fingerprint density at radius 1 is 1.44 bits per heavy atom. The van der Waals surface area contributed by atoms with Gasteiger partial charge < -0.3 is 5.73 Å². The second-order valence-electron chi connectivity index (χ2n) is 3.16. The molecule has 1 rings (SSSR count). The average Bonchev–Trinajstić information content (AvgIpc) is 2.21. The SMILES string of the molecule is NCCCS(=O)(=O)Nc1c(F)cccc1Cl. The van der Waals surface area contributed by atoms with Crippen LogP contribution >= 0.6 is 11.6 Å². The molecule has 0 aliphatic heterocycles. The minimum Gasteiger partial charge on any atom is -0.330 e. The topological polar surface area (TPSA) is 72.2 Å². The van der Waals surface area contributed by atoms with Crippen molar-refractivity contribution in [2.75, 3.05) is 17.0 Å². The summed E-state index contributed by atoms with van der Waals surface area (Å²) in [5, 5.41) is 0.0244. The summed E-state index contributed by atoms with van der Waals surface area (Å²) in [6, 6.07) is 3.94. The minimum absolute atomic E-state index is 0.0244. The highest BCUT2D eigenvalue weighted by Gasteiger charge is 2.14. The van der Waals surface area contributed by atoms with E-state index in [1.807, 2.05) is 0 Å². The zero-order valence-corrected chi connectivity index (χ0v) is 9.98. The van der Waals surface area contributed by atoms with Crippen molar-refractivity contribution in [3.63, 3.8) is 0 Å². The van der Waals surface area contributed by atoms with Gasteiger partial charge in [0.15, 0.2) is 0 Å². The van der Waals surface area contributed by atoms with E-state index >= 15 is 0 Å². The first kappa shape index (κ1) is 13.2. The van der Waals surface area contributed by atoms with Gasteiger partial charge in [-0.05, 0) is 25.1 Å². The molecule has 4 nitrogen and oxygen atoms in total. The lowest BCUT2D eigenvalue weighted by Gasteiger charge is -2.09. The number of nitrogens with one attached hydrogen (secondary N) is 1. The number of hydrogen-bond donors (Lipinski definition) is 2. The number of halogens is 2. The number of benzene rings is 1. The molecular formula is C9H12ClFN2O2S. The van der Waals surface area contributed by atoms with Crippen molar-refractivity contribution in [3.8, 4) is 0 Å². The monoisotopic (exact) mass is 266 g/mol. The van der Waals surface area contributed by atoms with E-state index in [2.05, 4.69) is 4.72 Å². The summed E-state index contributed by atoms with van der Waals surface area (Å²) in [5.41, 5.74) is 4.98. The summed E-state index contributed by atoms with van der Waals surface area (Å²) in [4.78, 5) is 0. The zero-order valence-electron chi connectivity index (χ0n) is 8.41. The summed E-state index contributed by atoms with van der Waals surface area (Å²) in [6.45, 7) is 0.256. The van der Waals surface area contributed by atoms with Crippen molar-refractivity contribution >= 4 is 27.3 Å². The Bertz CT molecular complexity index is 444. The Hall–Kier alpha value is -0.850. The molecule has 16 heavy (non-hydrogen) atoms. The van der Waals surface area contributed by atoms with Crippen molar-refractivity contribution in [1.29, 1.82) is 0 Å². The second-order valence-corrected chi connectivity index (χ2v) is 5.41. The molecule has 0 heterocycles. The first-order chi connectivity index (χ1) is 7.46. The Labute approximate surface area is 98.6 Å². The Morgan fingerprint density at radius 3 is 2.69 bits per heavy atom. The third-order valence-corrected chi connectivity index (χ3v) is 3.49. The first-order valence-corrected chi connectivity index (χ1v) is 6.64. The van der Waals surface area contributed by atoms with Crippen LogP contribution in [0, 0.1) is 5.82 Å². The highest BCUT2D eigenvalue weighted by molar-refractivity contribution is 7.92. The molecular weight excluding hydrogens is 255 g/mol. The van der Waals surface area contributed by atoms with E-state index < -0.39 is 15.8 Å². The quantitative estimate of drug-likeness (QED) is 0.850. The van der Waals surface area contributed by atoms with Crippen LogP contribution in [0.1, 0.15) is 6.42 Å². The van der Waals surface area contributed by atoms with E-state index in [4.69, 9.17) is 17.3 Å². The molecule has 0 fully saturated rings. The molecule has 1 aromatic rings. The fourth-order valence-electron chi connectivity index (χ4n) is 1.08. The predicted octanol–water partition coefficient (Wildman–Crippen LogP) is 1.57. The minimum atomic E-state index is -3.60. The smallest absolute Gasteiger partial charge is 0.232 e. The molecule has 90 valence electrons. The summed E-state index contributed by atoms with van der Waals surface area (Å²) in [6.07, 6.45) is 0.307. The molecule has 0 unspecified atom stereocenters. The van der Waals surface area contributed by atoms with Gasteiger partial charge >= 0.3 is 0 Å². The van der Waals surface area contributed by atoms with E-state index in [0.29, 0.717) is 6.42 Å². The van der Waals surface area contributed by atoms with Crippen molar-refractivity contribution in [2.24, 2.45) is 5.73 Å². The molecule has 0 atom stereocenters. The van der Waals surface area contributed by atoms with Crippen molar-refractivity contribution in [1.82, 2.24) is 0 Å². The molecule has 3 N–H and O–H groups in total. The Balaban J connectivity index is 2.88. The predicted molar refractivity (Wildman–Crippen MR) is 62.5 cm³/mol. The fraction of sp³-hybridized carbons (Fsp3) is 0.333. The van der Waals surface area contributed by atoms with E-state index in [-0.39, 0.29) is 23.0 Å². The molecule has 0 aliphatic carbocycles.